The number of hydrogen-bond acceptors (Lipinski definition) is 6. The molecule has 2 atom stereocenters. The van der Waals surface area contributed by atoms with Gasteiger partial charge in [0.2, 0.25) is 17.8 Å². The van der Waals surface area contributed by atoms with Crippen molar-refractivity contribution in [1.29, 1.82) is 0 Å². The minimum atomic E-state index is 0.479. The Morgan fingerprint density at radius 2 is 2.11 bits per heavy atom. The van der Waals surface area contributed by atoms with Crippen LogP contribution in [0.3, 0.4) is 0 Å². The molecule has 0 spiro atoms. The minimum Gasteiger partial charge on any atom is -0.354 e. The van der Waals surface area contributed by atoms with E-state index in [9.17, 15) is 0 Å². The van der Waals surface area contributed by atoms with Gasteiger partial charge in [-0.1, -0.05) is 6.92 Å². The molecule has 2 aromatic heterocycles. The Kier molecular flexibility index (Phi) is 3.02. The van der Waals surface area contributed by atoms with E-state index < -0.39 is 0 Å². The second-order valence-corrected chi connectivity index (χ2v) is 4.75. The lowest BCUT2D eigenvalue weighted by molar-refractivity contribution is 0.869. The van der Waals surface area contributed by atoms with Crippen molar-refractivity contribution in [3.05, 3.63) is 18.7 Å². The van der Waals surface area contributed by atoms with E-state index >= 15 is 0 Å². The Labute approximate surface area is 111 Å². The van der Waals surface area contributed by atoms with Crippen molar-refractivity contribution in [3.8, 4) is 5.95 Å². The molecule has 7 heteroatoms. The zero-order valence-electron chi connectivity index (χ0n) is 11.0. The van der Waals surface area contributed by atoms with Crippen LogP contribution in [-0.2, 0) is 0 Å². The maximum absolute atomic E-state index is 4.42. The highest BCUT2D eigenvalue weighted by atomic mass is 15.3. The van der Waals surface area contributed by atoms with Gasteiger partial charge in [0.1, 0.15) is 6.33 Å². The Bertz CT molecular complexity index is 551. The summed E-state index contributed by atoms with van der Waals surface area (Å²) in [5, 5.41) is 6.45. The summed E-state index contributed by atoms with van der Waals surface area (Å²) >= 11 is 0. The van der Waals surface area contributed by atoms with Crippen LogP contribution in [0.25, 0.3) is 5.95 Å². The Morgan fingerprint density at radius 1 is 1.32 bits per heavy atom. The van der Waals surface area contributed by atoms with E-state index in [1.807, 2.05) is 13.1 Å². The standard InChI is InChI=1S/C12H17N7/c1-3-14-10-16-11(15-9-6-8(9)2)18-12(17-10)19-5-4-13-7-19/h4-5,7-9H,3,6H2,1-2H3,(H2,14,15,16,17,18). The number of anilines is 2. The summed E-state index contributed by atoms with van der Waals surface area (Å²) in [7, 11) is 0. The minimum absolute atomic E-state index is 0.479. The second-order valence-electron chi connectivity index (χ2n) is 4.75. The van der Waals surface area contributed by atoms with Gasteiger partial charge < -0.3 is 10.6 Å². The smallest absolute Gasteiger partial charge is 0.241 e. The highest BCUT2D eigenvalue weighted by Crippen LogP contribution is 2.31. The van der Waals surface area contributed by atoms with Crippen LogP contribution in [0.15, 0.2) is 18.7 Å². The maximum Gasteiger partial charge on any atom is 0.241 e. The van der Waals surface area contributed by atoms with Crippen molar-refractivity contribution < 1.29 is 0 Å². The van der Waals surface area contributed by atoms with E-state index in [2.05, 4.69) is 37.5 Å². The van der Waals surface area contributed by atoms with Gasteiger partial charge in [-0.2, -0.15) is 15.0 Å². The van der Waals surface area contributed by atoms with Crippen LogP contribution in [0.2, 0.25) is 0 Å². The Balaban J connectivity index is 1.90. The first-order chi connectivity index (χ1) is 9.26. The van der Waals surface area contributed by atoms with Gasteiger partial charge in [-0.25, -0.2) is 4.98 Å². The average molecular weight is 259 g/mol. The lowest BCUT2D eigenvalue weighted by Crippen LogP contribution is -2.13. The molecular weight excluding hydrogens is 242 g/mol. The summed E-state index contributed by atoms with van der Waals surface area (Å²) in [6.07, 6.45) is 6.36. The van der Waals surface area contributed by atoms with Gasteiger partial charge in [0.15, 0.2) is 0 Å². The van der Waals surface area contributed by atoms with Gasteiger partial charge in [-0.15, -0.1) is 0 Å². The largest absolute Gasteiger partial charge is 0.354 e. The molecule has 1 saturated carbocycles. The molecule has 7 nitrogen and oxygen atoms in total. The maximum atomic E-state index is 4.42. The third-order valence-electron chi connectivity index (χ3n) is 3.12. The van der Waals surface area contributed by atoms with Gasteiger partial charge in [-0.3, -0.25) is 4.57 Å². The average Bonchev–Trinajstić information content (AvgIpc) is 2.90. The predicted molar refractivity (Wildman–Crippen MR) is 72.3 cm³/mol. The first kappa shape index (κ1) is 11.9. The van der Waals surface area contributed by atoms with Gasteiger partial charge in [0, 0.05) is 25.0 Å². The molecule has 1 aliphatic carbocycles. The number of imidazole rings is 1. The van der Waals surface area contributed by atoms with Crippen molar-refractivity contribution in [2.24, 2.45) is 5.92 Å². The molecule has 2 heterocycles. The molecule has 0 radical (unpaired) electrons. The topological polar surface area (TPSA) is 80.5 Å². The monoisotopic (exact) mass is 259 g/mol. The molecule has 19 heavy (non-hydrogen) atoms. The summed E-state index contributed by atoms with van der Waals surface area (Å²) in [5.74, 6) is 2.45. The van der Waals surface area contributed by atoms with Crippen LogP contribution in [0.4, 0.5) is 11.9 Å². The molecule has 3 rings (SSSR count). The van der Waals surface area contributed by atoms with Crippen LogP contribution >= 0.6 is 0 Å². The van der Waals surface area contributed by atoms with Gasteiger partial charge in [0.25, 0.3) is 0 Å². The molecule has 2 aromatic rings. The van der Waals surface area contributed by atoms with Crippen LogP contribution < -0.4 is 10.6 Å². The highest BCUT2D eigenvalue weighted by Gasteiger charge is 2.33. The van der Waals surface area contributed by atoms with E-state index in [0.717, 1.165) is 6.54 Å². The lowest BCUT2D eigenvalue weighted by Gasteiger charge is -2.09. The second kappa shape index (κ2) is 4.83. The SMILES string of the molecule is CCNc1nc(NC2CC2C)nc(-n2ccnc2)n1. The van der Waals surface area contributed by atoms with Crippen molar-refractivity contribution in [2.45, 2.75) is 26.3 Å². The van der Waals surface area contributed by atoms with E-state index in [-0.39, 0.29) is 0 Å². The Hall–Kier alpha value is -2.18. The van der Waals surface area contributed by atoms with Crippen molar-refractivity contribution in [1.82, 2.24) is 24.5 Å². The highest BCUT2D eigenvalue weighted by molar-refractivity contribution is 5.39. The fourth-order valence-electron chi connectivity index (χ4n) is 1.85. The molecule has 2 unspecified atom stereocenters. The van der Waals surface area contributed by atoms with E-state index in [1.165, 1.54) is 6.42 Å². The number of nitrogens with one attached hydrogen (secondary N) is 2. The number of nitrogens with zero attached hydrogens (tertiary/aromatic N) is 5. The normalized spacial score (nSPS) is 21.2. The molecule has 1 aliphatic rings. The molecular formula is C12H17N7. The first-order valence-electron chi connectivity index (χ1n) is 6.51. The van der Waals surface area contributed by atoms with Crippen LogP contribution in [0.1, 0.15) is 20.3 Å². The van der Waals surface area contributed by atoms with E-state index in [0.29, 0.717) is 29.8 Å². The summed E-state index contributed by atoms with van der Waals surface area (Å²) < 4.78 is 1.77. The molecule has 0 aromatic carbocycles. The lowest BCUT2D eigenvalue weighted by atomic mass is 10.5. The van der Waals surface area contributed by atoms with Gasteiger partial charge in [-0.05, 0) is 19.3 Å². The molecule has 0 amide bonds. The zero-order valence-corrected chi connectivity index (χ0v) is 11.0. The molecule has 0 saturated heterocycles. The number of rotatable bonds is 5. The summed E-state index contributed by atoms with van der Waals surface area (Å²) in [5.41, 5.74) is 0. The number of hydrogen-bond donors (Lipinski definition) is 2. The summed E-state index contributed by atoms with van der Waals surface area (Å²) in [6.45, 7) is 4.99. The van der Waals surface area contributed by atoms with Crippen LogP contribution in [0.5, 0.6) is 0 Å². The van der Waals surface area contributed by atoms with Crippen molar-refractivity contribution >= 4 is 11.9 Å². The third-order valence-corrected chi connectivity index (χ3v) is 3.12. The fourth-order valence-corrected chi connectivity index (χ4v) is 1.85. The number of aromatic nitrogens is 5. The van der Waals surface area contributed by atoms with Crippen LogP contribution in [-0.4, -0.2) is 37.1 Å². The predicted octanol–water partition coefficient (Wildman–Crippen LogP) is 1.31. The van der Waals surface area contributed by atoms with Crippen LogP contribution in [0, 0.1) is 5.92 Å². The van der Waals surface area contributed by atoms with E-state index in [1.54, 1.807) is 17.1 Å². The Morgan fingerprint density at radius 3 is 2.74 bits per heavy atom. The zero-order chi connectivity index (χ0) is 13.2. The fraction of sp³-hybridized carbons (Fsp3) is 0.500. The van der Waals surface area contributed by atoms with Crippen molar-refractivity contribution in [3.63, 3.8) is 0 Å². The summed E-state index contributed by atoms with van der Waals surface area (Å²) in [6, 6.07) is 0.479. The summed E-state index contributed by atoms with van der Waals surface area (Å²) in [4.78, 5) is 17.2. The molecule has 2 N–H and O–H groups in total. The van der Waals surface area contributed by atoms with E-state index in [4.69, 9.17) is 0 Å². The first-order valence-corrected chi connectivity index (χ1v) is 6.51. The quantitative estimate of drug-likeness (QED) is 0.842. The van der Waals surface area contributed by atoms with Crippen molar-refractivity contribution in [2.75, 3.05) is 17.2 Å². The molecule has 100 valence electrons. The van der Waals surface area contributed by atoms with Gasteiger partial charge >= 0.3 is 0 Å². The molecule has 0 bridgehead atoms. The molecule has 1 fully saturated rings. The van der Waals surface area contributed by atoms with Gasteiger partial charge in [0.05, 0.1) is 0 Å². The third kappa shape index (κ3) is 2.64. The molecule has 0 aliphatic heterocycles.